The first-order chi connectivity index (χ1) is 7.43. The topological polar surface area (TPSA) is 28.7 Å². The molecule has 0 aliphatic carbocycles. The number of hydrogen-bond donors (Lipinski definition) is 1. The van der Waals surface area contributed by atoms with Crippen molar-refractivity contribution in [1.82, 2.24) is 9.97 Å². The van der Waals surface area contributed by atoms with Gasteiger partial charge in [0, 0.05) is 11.8 Å². The van der Waals surface area contributed by atoms with Gasteiger partial charge >= 0.3 is 0 Å². The predicted molar refractivity (Wildman–Crippen MR) is 61.5 cm³/mol. The number of hydrogen-bond acceptors (Lipinski definition) is 1. The third-order valence-corrected chi connectivity index (χ3v) is 2.54. The summed E-state index contributed by atoms with van der Waals surface area (Å²) in [5.74, 6) is 0. The summed E-state index contributed by atoms with van der Waals surface area (Å²) in [6.07, 6.45) is 3.61. The van der Waals surface area contributed by atoms with Crippen molar-refractivity contribution in [3.63, 3.8) is 0 Å². The molecule has 1 aromatic heterocycles. The Labute approximate surface area is 87.6 Å². The van der Waals surface area contributed by atoms with Crippen LogP contribution in [-0.4, -0.2) is 9.97 Å². The molecule has 2 nitrogen and oxygen atoms in total. The summed E-state index contributed by atoms with van der Waals surface area (Å²) in [4.78, 5) is 7.20. The highest BCUT2D eigenvalue weighted by molar-refractivity contribution is 5.86. The molecule has 0 spiro atoms. The molecule has 15 heavy (non-hydrogen) atoms. The summed E-state index contributed by atoms with van der Waals surface area (Å²) in [7, 11) is 0. The van der Waals surface area contributed by atoms with Crippen molar-refractivity contribution < 1.29 is 0 Å². The highest BCUT2D eigenvalue weighted by Crippen LogP contribution is 2.22. The van der Waals surface area contributed by atoms with Gasteiger partial charge in [-0.05, 0) is 16.8 Å². The van der Waals surface area contributed by atoms with E-state index in [9.17, 15) is 0 Å². The number of benzene rings is 2. The molecule has 1 heterocycles. The Bertz CT molecular complexity index is 582. The molecule has 3 rings (SSSR count). The van der Waals surface area contributed by atoms with Gasteiger partial charge in [-0.3, -0.25) is 0 Å². The van der Waals surface area contributed by atoms with E-state index in [1.165, 1.54) is 10.8 Å². The maximum Gasteiger partial charge on any atom is 0.0927 e. The van der Waals surface area contributed by atoms with Crippen LogP contribution in [0.15, 0.2) is 55.0 Å². The quantitative estimate of drug-likeness (QED) is 0.633. The van der Waals surface area contributed by atoms with Crippen molar-refractivity contribution >= 4 is 10.8 Å². The normalized spacial score (nSPS) is 10.7. The van der Waals surface area contributed by atoms with Crippen molar-refractivity contribution in [3.8, 4) is 11.3 Å². The second-order valence-corrected chi connectivity index (χ2v) is 3.52. The molecule has 0 amide bonds. The number of fused-ring (bicyclic) bond motifs is 1. The lowest BCUT2D eigenvalue weighted by atomic mass is 10.1. The van der Waals surface area contributed by atoms with Crippen molar-refractivity contribution in [2.24, 2.45) is 0 Å². The van der Waals surface area contributed by atoms with Crippen LogP contribution in [0, 0.1) is 0 Å². The van der Waals surface area contributed by atoms with Gasteiger partial charge in [-0.15, -0.1) is 0 Å². The van der Waals surface area contributed by atoms with Gasteiger partial charge in [0.1, 0.15) is 0 Å². The summed E-state index contributed by atoms with van der Waals surface area (Å²) < 4.78 is 0. The predicted octanol–water partition coefficient (Wildman–Crippen LogP) is 3.23. The maximum atomic E-state index is 4.24. The third kappa shape index (κ3) is 1.40. The monoisotopic (exact) mass is 194 g/mol. The lowest BCUT2D eigenvalue weighted by Gasteiger charge is -2.00. The smallest absolute Gasteiger partial charge is 0.0927 e. The summed E-state index contributed by atoms with van der Waals surface area (Å²) in [5.41, 5.74) is 2.13. The van der Waals surface area contributed by atoms with Crippen LogP contribution < -0.4 is 0 Å². The summed E-state index contributed by atoms with van der Waals surface area (Å²) in [5, 5.41) is 2.51. The number of nitrogens with zero attached hydrogens (tertiary/aromatic N) is 1. The fourth-order valence-electron chi connectivity index (χ4n) is 1.77. The highest BCUT2D eigenvalue weighted by atomic mass is 14.9. The minimum absolute atomic E-state index is 0.987. The van der Waals surface area contributed by atoms with E-state index in [0.29, 0.717) is 0 Å². The van der Waals surface area contributed by atoms with Crippen LogP contribution >= 0.6 is 0 Å². The van der Waals surface area contributed by atoms with Crippen LogP contribution in [0.25, 0.3) is 22.0 Å². The number of H-pyrrole nitrogens is 1. The molecule has 0 aliphatic rings. The second-order valence-electron chi connectivity index (χ2n) is 3.52. The molecule has 72 valence electrons. The van der Waals surface area contributed by atoms with Gasteiger partial charge in [-0.1, -0.05) is 36.4 Å². The van der Waals surface area contributed by atoms with Crippen LogP contribution in [0.3, 0.4) is 0 Å². The van der Waals surface area contributed by atoms with Gasteiger partial charge in [-0.2, -0.15) is 0 Å². The molecule has 0 fully saturated rings. The Balaban J connectivity index is 2.22. The Morgan fingerprint density at radius 2 is 1.80 bits per heavy atom. The van der Waals surface area contributed by atoms with Crippen LogP contribution in [0.5, 0.6) is 0 Å². The van der Waals surface area contributed by atoms with E-state index in [1.807, 2.05) is 6.20 Å². The van der Waals surface area contributed by atoms with Crippen molar-refractivity contribution in [3.05, 3.63) is 55.0 Å². The number of aromatic nitrogens is 2. The molecule has 3 aromatic rings. The Kier molecular flexibility index (Phi) is 1.78. The van der Waals surface area contributed by atoms with E-state index >= 15 is 0 Å². The minimum atomic E-state index is 0.987. The maximum absolute atomic E-state index is 4.24. The minimum Gasteiger partial charge on any atom is -0.351 e. The zero-order valence-corrected chi connectivity index (χ0v) is 8.14. The van der Waals surface area contributed by atoms with E-state index in [1.54, 1.807) is 6.33 Å². The van der Waals surface area contributed by atoms with Crippen LogP contribution in [0.4, 0.5) is 0 Å². The van der Waals surface area contributed by atoms with E-state index in [0.717, 1.165) is 11.3 Å². The first-order valence-electron chi connectivity index (χ1n) is 4.91. The Morgan fingerprint density at radius 1 is 0.933 bits per heavy atom. The van der Waals surface area contributed by atoms with E-state index in [4.69, 9.17) is 0 Å². The standard InChI is InChI=1S/C13H10N2/c1-2-4-11-7-12(6-5-10(11)3-1)13-8-14-9-15-13/h1-9H,(H,14,15). The molecule has 0 saturated heterocycles. The van der Waals surface area contributed by atoms with E-state index < -0.39 is 0 Å². The first kappa shape index (κ1) is 8.24. The second kappa shape index (κ2) is 3.24. The molecule has 2 aromatic carbocycles. The SMILES string of the molecule is c1ccc2cc(-c3c[nH]cn3)ccc2c1. The molecular weight excluding hydrogens is 184 g/mol. The van der Waals surface area contributed by atoms with Gasteiger partial charge in [0.15, 0.2) is 0 Å². The zero-order chi connectivity index (χ0) is 10.1. The van der Waals surface area contributed by atoms with Crippen molar-refractivity contribution in [1.29, 1.82) is 0 Å². The average molecular weight is 194 g/mol. The fourth-order valence-corrected chi connectivity index (χ4v) is 1.77. The van der Waals surface area contributed by atoms with Crippen LogP contribution in [0.2, 0.25) is 0 Å². The first-order valence-corrected chi connectivity index (χ1v) is 4.91. The van der Waals surface area contributed by atoms with E-state index in [-0.39, 0.29) is 0 Å². The van der Waals surface area contributed by atoms with Gasteiger partial charge in [0.05, 0.1) is 12.0 Å². The molecule has 0 bridgehead atoms. The molecule has 2 heteroatoms. The fraction of sp³-hybridized carbons (Fsp3) is 0. The average Bonchev–Trinajstić information content (AvgIpc) is 2.82. The Hall–Kier alpha value is -2.09. The molecule has 0 radical (unpaired) electrons. The number of rotatable bonds is 1. The molecule has 0 atom stereocenters. The number of aromatic amines is 1. The molecular formula is C13H10N2. The largest absolute Gasteiger partial charge is 0.351 e. The van der Waals surface area contributed by atoms with Gasteiger partial charge in [0.2, 0.25) is 0 Å². The lowest BCUT2D eigenvalue weighted by molar-refractivity contribution is 1.31. The highest BCUT2D eigenvalue weighted by Gasteiger charge is 2.00. The summed E-state index contributed by atoms with van der Waals surface area (Å²) >= 11 is 0. The van der Waals surface area contributed by atoms with Gasteiger partial charge < -0.3 is 4.98 Å². The van der Waals surface area contributed by atoms with E-state index in [2.05, 4.69) is 52.4 Å². The number of imidazole rings is 1. The summed E-state index contributed by atoms with van der Waals surface area (Å²) in [6.45, 7) is 0. The lowest BCUT2D eigenvalue weighted by Crippen LogP contribution is -1.78. The summed E-state index contributed by atoms with van der Waals surface area (Å²) in [6, 6.07) is 14.7. The zero-order valence-electron chi connectivity index (χ0n) is 8.14. The van der Waals surface area contributed by atoms with Crippen molar-refractivity contribution in [2.45, 2.75) is 0 Å². The van der Waals surface area contributed by atoms with Crippen molar-refractivity contribution in [2.75, 3.05) is 0 Å². The van der Waals surface area contributed by atoms with Crippen LogP contribution in [-0.2, 0) is 0 Å². The third-order valence-electron chi connectivity index (χ3n) is 2.54. The molecule has 0 unspecified atom stereocenters. The molecule has 0 aliphatic heterocycles. The van der Waals surface area contributed by atoms with Crippen LogP contribution in [0.1, 0.15) is 0 Å². The van der Waals surface area contributed by atoms with Gasteiger partial charge in [0.25, 0.3) is 0 Å². The molecule has 1 N–H and O–H groups in total. The Morgan fingerprint density at radius 3 is 2.60 bits per heavy atom. The number of nitrogens with one attached hydrogen (secondary N) is 1. The molecule has 0 saturated carbocycles. The van der Waals surface area contributed by atoms with Gasteiger partial charge in [-0.25, -0.2) is 4.98 Å².